The van der Waals surface area contributed by atoms with Gasteiger partial charge < -0.3 is 14.2 Å². The van der Waals surface area contributed by atoms with Crippen LogP contribution in [0.1, 0.15) is 201 Å². The summed E-state index contributed by atoms with van der Waals surface area (Å²) in [6.45, 7) is 6.20. The predicted molar refractivity (Wildman–Crippen MR) is 251 cm³/mol. The lowest BCUT2D eigenvalue weighted by atomic mass is 10.1. The van der Waals surface area contributed by atoms with Gasteiger partial charge in [0.15, 0.2) is 6.10 Å². The van der Waals surface area contributed by atoms with Crippen LogP contribution in [0.15, 0.2) is 97.2 Å². The molecule has 0 saturated carbocycles. The zero-order chi connectivity index (χ0) is 43.0. The normalized spacial score (nSPS) is 12.9. The third-order valence-electron chi connectivity index (χ3n) is 9.63. The lowest BCUT2D eigenvalue weighted by molar-refractivity contribution is -0.167. The van der Waals surface area contributed by atoms with Crippen molar-refractivity contribution in [2.75, 3.05) is 13.2 Å². The fourth-order valence-corrected chi connectivity index (χ4v) is 6.14. The van der Waals surface area contributed by atoms with Gasteiger partial charge in [-0.3, -0.25) is 14.4 Å². The lowest BCUT2D eigenvalue weighted by Gasteiger charge is -2.18. The molecule has 0 bridgehead atoms. The fraction of sp³-hybridized carbons (Fsp3) is 0.642. The average molecular weight is 819 g/mol. The monoisotopic (exact) mass is 819 g/mol. The summed E-state index contributed by atoms with van der Waals surface area (Å²) in [4.78, 5) is 37.8. The minimum absolute atomic E-state index is 0.101. The molecule has 0 saturated heterocycles. The van der Waals surface area contributed by atoms with E-state index in [0.29, 0.717) is 19.3 Å². The van der Waals surface area contributed by atoms with Crippen LogP contribution in [0.25, 0.3) is 0 Å². The van der Waals surface area contributed by atoms with E-state index in [1.165, 1.54) is 44.9 Å². The van der Waals surface area contributed by atoms with Gasteiger partial charge in [-0.05, 0) is 96.3 Å². The fourth-order valence-electron chi connectivity index (χ4n) is 6.14. The Labute approximate surface area is 362 Å². The molecule has 0 aromatic heterocycles. The van der Waals surface area contributed by atoms with Crippen molar-refractivity contribution in [1.29, 1.82) is 0 Å². The standard InChI is InChI=1S/C53H86O6/c1-4-7-10-13-16-19-21-23-24-25-26-27-28-30-31-34-37-40-43-46-52(55)58-49-50(48-57-51(54)45-42-39-36-33-18-15-12-9-6-3)59-53(56)47-44-41-38-35-32-29-22-20-17-14-11-8-5-2/h7-12,14,16-20,22-24,33,50H,4-6,13,15,21,25-32,34-49H2,1-3H3/b10-7-,11-8-,12-9-,17-14-,19-16-,22-20-,24-23-,33-18-. The average Bonchev–Trinajstić information content (AvgIpc) is 3.23. The van der Waals surface area contributed by atoms with E-state index in [9.17, 15) is 14.4 Å². The van der Waals surface area contributed by atoms with E-state index in [4.69, 9.17) is 14.2 Å². The van der Waals surface area contributed by atoms with Gasteiger partial charge >= 0.3 is 17.9 Å². The Bertz CT molecular complexity index is 1220. The molecule has 6 nitrogen and oxygen atoms in total. The van der Waals surface area contributed by atoms with Crippen molar-refractivity contribution in [2.24, 2.45) is 0 Å². The summed E-state index contributed by atoms with van der Waals surface area (Å²) in [6, 6.07) is 0. The number of esters is 3. The molecule has 1 atom stereocenters. The Hall–Kier alpha value is -3.67. The van der Waals surface area contributed by atoms with Crippen molar-refractivity contribution in [3.05, 3.63) is 97.2 Å². The topological polar surface area (TPSA) is 78.9 Å². The van der Waals surface area contributed by atoms with Gasteiger partial charge in [-0.2, -0.15) is 0 Å². The molecule has 0 amide bonds. The third-order valence-corrected chi connectivity index (χ3v) is 9.63. The van der Waals surface area contributed by atoms with Crippen molar-refractivity contribution in [3.63, 3.8) is 0 Å². The highest BCUT2D eigenvalue weighted by Gasteiger charge is 2.19. The number of carbonyl (C=O) groups is 3. The van der Waals surface area contributed by atoms with E-state index < -0.39 is 6.10 Å². The molecule has 0 heterocycles. The van der Waals surface area contributed by atoms with E-state index in [-0.39, 0.29) is 31.1 Å². The summed E-state index contributed by atoms with van der Waals surface area (Å²) in [5.41, 5.74) is 0. The summed E-state index contributed by atoms with van der Waals surface area (Å²) < 4.78 is 16.7. The van der Waals surface area contributed by atoms with Gasteiger partial charge in [0.2, 0.25) is 0 Å². The molecular formula is C53H86O6. The second-order valence-corrected chi connectivity index (χ2v) is 15.3. The van der Waals surface area contributed by atoms with Crippen LogP contribution in [0, 0.1) is 0 Å². The molecule has 0 spiro atoms. The molecule has 0 rings (SSSR count). The van der Waals surface area contributed by atoms with E-state index in [2.05, 4.69) is 112 Å². The van der Waals surface area contributed by atoms with Gasteiger partial charge in [0.05, 0.1) is 0 Å². The molecule has 0 aliphatic rings. The van der Waals surface area contributed by atoms with Gasteiger partial charge in [0, 0.05) is 19.3 Å². The minimum Gasteiger partial charge on any atom is -0.462 e. The highest BCUT2D eigenvalue weighted by molar-refractivity contribution is 5.71. The van der Waals surface area contributed by atoms with Crippen LogP contribution in [0.4, 0.5) is 0 Å². The molecular weight excluding hydrogens is 733 g/mol. The van der Waals surface area contributed by atoms with Crippen molar-refractivity contribution in [2.45, 2.75) is 207 Å². The third kappa shape index (κ3) is 45.3. The number of rotatable bonds is 41. The number of hydrogen-bond donors (Lipinski definition) is 0. The number of carbonyl (C=O) groups excluding carboxylic acids is 3. The van der Waals surface area contributed by atoms with Crippen molar-refractivity contribution >= 4 is 17.9 Å². The summed E-state index contributed by atoms with van der Waals surface area (Å²) in [7, 11) is 0. The molecule has 0 radical (unpaired) electrons. The van der Waals surface area contributed by atoms with E-state index >= 15 is 0 Å². The van der Waals surface area contributed by atoms with Crippen LogP contribution in [-0.4, -0.2) is 37.2 Å². The molecule has 0 aromatic rings. The molecule has 334 valence electrons. The molecule has 0 aromatic carbocycles. The maximum Gasteiger partial charge on any atom is 0.306 e. The Morgan fingerprint density at radius 2 is 0.695 bits per heavy atom. The smallest absolute Gasteiger partial charge is 0.306 e. The second kappa shape index (κ2) is 47.0. The first-order chi connectivity index (χ1) is 29.0. The van der Waals surface area contributed by atoms with Gasteiger partial charge in [0.1, 0.15) is 13.2 Å². The van der Waals surface area contributed by atoms with E-state index in [1.807, 2.05) is 6.08 Å². The zero-order valence-corrected chi connectivity index (χ0v) is 38.0. The van der Waals surface area contributed by atoms with Gasteiger partial charge in [-0.1, -0.05) is 182 Å². The summed E-state index contributed by atoms with van der Waals surface area (Å²) in [5, 5.41) is 0. The highest BCUT2D eigenvalue weighted by Crippen LogP contribution is 2.13. The van der Waals surface area contributed by atoms with Crippen LogP contribution in [-0.2, 0) is 28.6 Å². The maximum atomic E-state index is 12.7. The summed E-state index contributed by atoms with van der Waals surface area (Å²) in [6.07, 6.45) is 61.2. The van der Waals surface area contributed by atoms with E-state index in [1.54, 1.807) is 0 Å². The molecule has 6 heteroatoms. The molecule has 1 unspecified atom stereocenters. The van der Waals surface area contributed by atoms with Crippen molar-refractivity contribution in [3.8, 4) is 0 Å². The second-order valence-electron chi connectivity index (χ2n) is 15.3. The maximum absolute atomic E-state index is 12.7. The van der Waals surface area contributed by atoms with Gasteiger partial charge in [0.25, 0.3) is 0 Å². The van der Waals surface area contributed by atoms with Crippen LogP contribution in [0.5, 0.6) is 0 Å². The molecule has 0 aliphatic heterocycles. The first-order valence-electron chi connectivity index (χ1n) is 23.8. The molecule has 0 N–H and O–H groups in total. The van der Waals surface area contributed by atoms with Gasteiger partial charge in [-0.25, -0.2) is 0 Å². The van der Waals surface area contributed by atoms with Crippen LogP contribution in [0.3, 0.4) is 0 Å². The largest absolute Gasteiger partial charge is 0.462 e. The highest BCUT2D eigenvalue weighted by atomic mass is 16.6. The predicted octanol–water partition coefficient (Wildman–Crippen LogP) is 15.4. The number of allylic oxidation sites excluding steroid dienone is 16. The Morgan fingerprint density at radius 3 is 1.17 bits per heavy atom. The lowest BCUT2D eigenvalue weighted by Crippen LogP contribution is -2.30. The van der Waals surface area contributed by atoms with Crippen LogP contribution >= 0.6 is 0 Å². The minimum atomic E-state index is -0.802. The Morgan fingerprint density at radius 1 is 0.356 bits per heavy atom. The van der Waals surface area contributed by atoms with Crippen molar-refractivity contribution < 1.29 is 28.6 Å². The van der Waals surface area contributed by atoms with Crippen LogP contribution < -0.4 is 0 Å². The molecule has 59 heavy (non-hydrogen) atoms. The Balaban J connectivity index is 4.37. The zero-order valence-electron chi connectivity index (χ0n) is 38.0. The SMILES string of the molecule is CC\C=C/C=C\C=C/CCCCCCCC(=O)OC(COC(=O)CCCC/C=C\C/C=C\CC)COC(=O)CCCCCCCCCCC/C=C\C/C=C\C/C=C\CC. The molecule has 0 aliphatic carbocycles. The van der Waals surface area contributed by atoms with E-state index in [0.717, 1.165) is 116 Å². The number of ether oxygens (including phenoxy) is 3. The summed E-state index contributed by atoms with van der Waals surface area (Å²) >= 11 is 0. The first kappa shape index (κ1) is 55.3. The first-order valence-corrected chi connectivity index (χ1v) is 23.8. The van der Waals surface area contributed by atoms with Crippen molar-refractivity contribution in [1.82, 2.24) is 0 Å². The quantitative estimate of drug-likeness (QED) is 0.0201. The van der Waals surface area contributed by atoms with Crippen LogP contribution in [0.2, 0.25) is 0 Å². The molecule has 0 fully saturated rings. The summed E-state index contributed by atoms with van der Waals surface area (Å²) in [5.74, 6) is -0.973. The number of hydrogen-bond acceptors (Lipinski definition) is 6. The Kier molecular flexibility index (Phi) is 44.1. The van der Waals surface area contributed by atoms with Gasteiger partial charge in [-0.15, -0.1) is 0 Å². The number of unbranched alkanes of at least 4 members (excludes halogenated alkanes) is 16.